The fourth-order valence-electron chi connectivity index (χ4n) is 2.33. The molecule has 3 N–H and O–H groups in total. The molecule has 1 rings (SSSR count). The Balaban J connectivity index is 2.50. The van der Waals surface area contributed by atoms with E-state index in [0.717, 1.165) is 26.1 Å². The van der Waals surface area contributed by atoms with E-state index in [-0.39, 0.29) is 23.0 Å². The second kappa shape index (κ2) is 4.94. The van der Waals surface area contributed by atoms with Crippen molar-refractivity contribution in [2.24, 2.45) is 11.1 Å². The predicted octanol–water partition coefficient (Wildman–Crippen LogP) is 1.84. The Morgan fingerprint density at radius 2 is 2.12 bits per heavy atom. The summed E-state index contributed by atoms with van der Waals surface area (Å²) in [6.45, 7) is 13.3. The predicted molar refractivity (Wildman–Crippen MR) is 71.4 cm³/mol. The first-order valence-corrected chi connectivity index (χ1v) is 6.37. The highest BCUT2D eigenvalue weighted by Crippen LogP contribution is 2.24. The van der Waals surface area contributed by atoms with Gasteiger partial charge in [0.05, 0.1) is 17.5 Å². The van der Waals surface area contributed by atoms with Crippen LogP contribution in [0.2, 0.25) is 0 Å². The second-order valence-corrected chi connectivity index (χ2v) is 6.47. The normalized spacial score (nSPS) is 25.8. The fraction of sp³-hybridized carbons (Fsp3) is 0.923. The third kappa shape index (κ3) is 4.28. The molecule has 1 saturated heterocycles. The molecular weight excluding hydrogens is 214 g/mol. The lowest BCUT2D eigenvalue weighted by Gasteiger charge is -2.42. The van der Waals surface area contributed by atoms with Crippen LogP contribution in [0.3, 0.4) is 0 Å². The molecule has 0 spiro atoms. The van der Waals surface area contributed by atoms with Crippen LogP contribution in [0.4, 0.5) is 0 Å². The first-order chi connectivity index (χ1) is 7.62. The molecule has 100 valence electrons. The van der Waals surface area contributed by atoms with Gasteiger partial charge in [0.2, 0.25) is 0 Å². The number of hydrogen-bond donors (Lipinski definition) is 2. The SMILES string of the molecule is CC1CN(CCC(C)(C)C(=N)N)CC(C)(C)O1. The molecule has 0 aromatic carbocycles. The Morgan fingerprint density at radius 3 is 2.59 bits per heavy atom. The van der Waals surface area contributed by atoms with Gasteiger partial charge in [-0.3, -0.25) is 10.3 Å². The van der Waals surface area contributed by atoms with Gasteiger partial charge in [-0.15, -0.1) is 0 Å². The number of nitrogens with zero attached hydrogens (tertiary/aromatic N) is 1. The summed E-state index contributed by atoms with van der Waals surface area (Å²) in [5.41, 5.74) is 5.33. The number of ether oxygens (including phenoxy) is 1. The fourth-order valence-corrected chi connectivity index (χ4v) is 2.33. The van der Waals surface area contributed by atoms with Crippen molar-refractivity contribution in [3.63, 3.8) is 0 Å². The van der Waals surface area contributed by atoms with E-state index in [9.17, 15) is 0 Å². The van der Waals surface area contributed by atoms with Crippen molar-refractivity contribution in [1.29, 1.82) is 5.41 Å². The van der Waals surface area contributed by atoms with Gasteiger partial charge in [0, 0.05) is 18.5 Å². The van der Waals surface area contributed by atoms with Gasteiger partial charge in [-0.05, 0) is 33.7 Å². The molecule has 1 aliphatic rings. The molecule has 0 saturated carbocycles. The van der Waals surface area contributed by atoms with Crippen molar-refractivity contribution in [3.05, 3.63) is 0 Å². The van der Waals surface area contributed by atoms with Crippen LogP contribution in [-0.2, 0) is 4.74 Å². The minimum atomic E-state index is -0.203. The van der Waals surface area contributed by atoms with E-state index < -0.39 is 0 Å². The van der Waals surface area contributed by atoms with Gasteiger partial charge in [0.25, 0.3) is 0 Å². The second-order valence-electron chi connectivity index (χ2n) is 6.47. The molecule has 1 atom stereocenters. The zero-order valence-electron chi connectivity index (χ0n) is 11.8. The average molecular weight is 241 g/mol. The lowest BCUT2D eigenvalue weighted by Crippen LogP contribution is -2.52. The van der Waals surface area contributed by atoms with Crippen molar-refractivity contribution in [2.45, 2.75) is 52.7 Å². The van der Waals surface area contributed by atoms with Gasteiger partial charge in [0.15, 0.2) is 0 Å². The first-order valence-electron chi connectivity index (χ1n) is 6.37. The summed E-state index contributed by atoms with van der Waals surface area (Å²) in [5.74, 6) is 0.276. The molecule has 1 unspecified atom stereocenters. The number of nitrogens with two attached hydrogens (primary N) is 1. The highest BCUT2D eigenvalue weighted by atomic mass is 16.5. The largest absolute Gasteiger partial charge is 0.387 e. The Bertz CT molecular complexity index is 286. The lowest BCUT2D eigenvalue weighted by atomic mass is 9.87. The standard InChI is InChI=1S/C13H27N3O/c1-10-8-16(9-13(4,5)17-10)7-6-12(2,3)11(14)15/h10H,6-9H2,1-5H3,(H3,14,15). The third-order valence-corrected chi connectivity index (χ3v) is 3.42. The number of morpholine rings is 1. The monoisotopic (exact) mass is 241 g/mol. The summed E-state index contributed by atoms with van der Waals surface area (Å²) in [4.78, 5) is 2.42. The Labute approximate surface area is 105 Å². The molecule has 1 heterocycles. The van der Waals surface area contributed by atoms with E-state index in [4.69, 9.17) is 15.9 Å². The summed E-state index contributed by atoms with van der Waals surface area (Å²) in [6.07, 6.45) is 1.20. The maximum absolute atomic E-state index is 7.57. The Hall–Kier alpha value is -0.610. The highest BCUT2D eigenvalue weighted by molar-refractivity contribution is 5.82. The molecule has 0 radical (unpaired) electrons. The molecule has 0 bridgehead atoms. The van der Waals surface area contributed by atoms with Gasteiger partial charge >= 0.3 is 0 Å². The van der Waals surface area contributed by atoms with Gasteiger partial charge in [-0.25, -0.2) is 0 Å². The van der Waals surface area contributed by atoms with Crippen LogP contribution >= 0.6 is 0 Å². The van der Waals surface area contributed by atoms with Gasteiger partial charge in [-0.1, -0.05) is 13.8 Å². The van der Waals surface area contributed by atoms with E-state index in [1.165, 1.54) is 0 Å². The number of hydrogen-bond acceptors (Lipinski definition) is 3. The highest BCUT2D eigenvalue weighted by Gasteiger charge is 2.32. The average Bonchev–Trinajstić information content (AvgIpc) is 2.11. The first kappa shape index (κ1) is 14.5. The maximum atomic E-state index is 7.57. The van der Waals surface area contributed by atoms with Gasteiger partial charge in [0.1, 0.15) is 0 Å². The summed E-state index contributed by atoms with van der Waals surface area (Å²) >= 11 is 0. The van der Waals surface area contributed by atoms with Crippen LogP contribution in [0.1, 0.15) is 41.0 Å². The van der Waals surface area contributed by atoms with Crippen LogP contribution in [0.5, 0.6) is 0 Å². The van der Waals surface area contributed by atoms with Crippen molar-refractivity contribution in [3.8, 4) is 0 Å². The summed E-state index contributed by atoms with van der Waals surface area (Å²) in [6, 6.07) is 0. The molecule has 17 heavy (non-hydrogen) atoms. The zero-order valence-corrected chi connectivity index (χ0v) is 11.8. The minimum absolute atomic E-state index is 0.0714. The Morgan fingerprint density at radius 1 is 1.53 bits per heavy atom. The molecule has 1 aliphatic heterocycles. The van der Waals surface area contributed by atoms with Crippen LogP contribution in [0.15, 0.2) is 0 Å². The molecule has 0 aliphatic carbocycles. The molecule has 0 amide bonds. The van der Waals surface area contributed by atoms with Crippen molar-refractivity contribution >= 4 is 5.84 Å². The summed E-state index contributed by atoms with van der Waals surface area (Å²) in [7, 11) is 0. The molecule has 1 fully saturated rings. The molecule has 4 heteroatoms. The molecule has 0 aromatic heterocycles. The van der Waals surface area contributed by atoms with Crippen molar-refractivity contribution in [2.75, 3.05) is 19.6 Å². The van der Waals surface area contributed by atoms with E-state index in [0.29, 0.717) is 0 Å². The summed E-state index contributed by atoms with van der Waals surface area (Å²) in [5, 5.41) is 7.57. The molecule has 0 aromatic rings. The third-order valence-electron chi connectivity index (χ3n) is 3.42. The van der Waals surface area contributed by atoms with E-state index in [1.54, 1.807) is 0 Å². The van der Waals surface area contributed by atoms with Crippen LogP contribution < -0.4 is 5.73 Å². The topological polar surface area (TPSA) is 62.3 Å². The van der Waals surface area contributed by atoms with Crippen LogP contribution in [0, 0.1) is 10.8 Å². The van der Waals surface area contributed by atoms with Crippen molar-refractivity contribution < 1.29 is 4.74 Å². The van der Waals surface area contributed by atoms with E-state index >= 15 is 0 Å². The van der Waals surface area contributed by atoms with Crippen LogP contribution in [-0.4, -0.2) is 42.1 Å². The molecule has 4 nitrogen and oxygen atoms in total. The zero-order chi connectivity index (χ0) is 13.3. The molecular formula is C13H27N3O. The minimum Gasteiger partial charge on any atom is -0.387 e. The number of nitrogens with one attached hydrogen (secondary N) is 1. The smallest absolute Gasteiger partial charge is 0.0963 e. The quantitative estimate of drug-likeness (QED) is 0.583. The van der Waals surface area contributed by atoms with E-state index in [2.05, 4.69) is 25.7 Å². The number of amidine groups is 1. The Kier molecular flexibility index (Phi) is 4.20. The van der Waals surface area contributed by atoms with E-state index in [1.807, 2.05) is 13.8 Å². The maximum Gasteiger partial charge on any atom is 0.0963 e. The number of rotatable bonds is 4. The van der Waals surface area contributed by atoms with Gasteiger partial charge < -0.3 is 10.5 Å². The van der Waals surface area contributed by atoms with Crippen molar-refractivity contribution in [1.82, 2.24) is 4.90 Å². The lowest BCUT2D eigenvalue weighted by molar-refractivity contribution is -0.129. The van der Waals surface area contributed by atoms with Gasteiger partial charge in [-0.2, -0.15) is 0 Å². The van der Waals surface area contributed by atoms with Crippen LogP contribution in [0.25, 0.3) is 0 Å². The summed E-state index contributed by atoms with van der Waals surface area (Å²) < 4.78 is 5.87.